The summed E-state index contributed by atoms with van der Waals surface area (Å²) < 4.78 is 5.43. The number of hydrogen-bond donors (Lipinski definition) is 2. The first kappa shape index (κ1) is 12.9. The lowest BCUT2D eigenvalue weighted by molar-refractivity contribution is 0.314. The fourth-order valence-electron chi connectivity index (χ4n) is 1.07. The quantitative estimate of drug-likeness (QED) is 0.484. The number of benzene rings is 1. The van der Waals surface area contributed by atoms with E-state index in [-0.39, 0.29) is 5.96 Å². The molecule has 1 aromatic rings. The number of halogens is 2. The molecule has 0 fully saturated rings. The predicted molar refractivity (Wildman–Crippen MR) is 67.3 cm³/mol. The molecule has 0 saturated carbocycles. The van der Waals surface area contributed by atoms with Gasteiger partial charge in [0.2, 0.25) is 0 Å². The highest BCUT2D eigenvalue weighted by Crippen LogP contribution is 2.32. The van der Waals surface area contributed by atoms with Gasteiger partial charge < -0.3 is 16.2 Å². The molecule has 1 rings (SSSR count). The van der Waals surface area contributed by atoms with Crippen LogP contribution in [-0.4, -0.2) is 19.1 Å². The Morgan fingerprint density at radius 2 is 1.88 bits per heavy atom. The number of rotatable bonds is 5. The highest BCUT2D eigenvalue weighted by Gasteiger charge is 2.05. The van der Waals surface area contributed by atoms with E-state index in [0.29, 0.717) is 35.4 Å². The topological polar surface area (TPSA) is 73.6 Å². The van der Waals surface area contributed by atoms with Gasteiger partial charge in [-0.05, 0) is 12.1 Å². The smallest absolute Gasteiger partial charge is 0.185 e. The van der Waals surface area contributed by atoms with Crippen LogP contribution in [0.5, 0.6) is 5.75 Å². The van der Waals surface area contributed by atoms with Crippen LogP contribution in [0.15, 0.2) is 23.2 Å². The molecule has 0 heterocycles. The van der Waals surface area contributed by atoms with Gasteiger partial charge in [-0.15, -0.1) is 0 Å². The summed E-state index contributed by atoms with van der Waals surface area (Å²) in [6.45, 7) is 0.977. The first-order valence-corrected chi connectivity index (χ1v) is 5.49. The van der Waals surface area contributed by atoms with Crippen molar-refractivity contribution in [2.75, 3.05) is 13.2 Å². The van der Waals surface area contributed by atoms with E-state index in [1.807, 2.05) is 0 Å². The second-order valence-corrected chi connectivity index (χ2v) is 3.87. The zero-order chi connectivity index (χ0) is 12.0. The lowest BCUT2D eigenvalue weighted by Gasteiger charge is -2.08. The molecule has 6 heteroatoms. The molecule has 0 aliphatic rings. The van der Waals surface area contributed by atoms with Crippen LogP contribution in [0.3, 0.4) is 0 Å². The Morgan fingerprint density at radius 3 is 2.44 bits per heavy atom. The summed E-state index contributed by atoms with van der Waals surface area (Å²) in [5, 5.41) is 0.990. The number of para-hydroxylation sites is 1. The molecule has 4 nitrogen and oxygen atoms in total. The minimum absolute atomic E-state index is 0.0794. The standard InChI is InChI=1S/C10H13Cl2N3O/c11-7-3-1-4-8(12)9(7)16-6-2-5-15-10(13)14/h1,3-4H,2,5-6H2,(H4,13,14,15). The second-order valence-electron chi connectivity index (χ2n) is 3.06. The van der Waals surface area contributed by atoms with Gasteiger partial charge in [0.1, 0.15) is 0 Å². The normalized spacial score (nSPS) is 9.88. The van der Waals surface area contributed by atoms with Crippen LogP contribution in [-0.2, 0) is 0 Å². The average Bonchev–Trinajstić information content (AvgIpc) is 2.21. The molecule has 0 saturated heterocycles. The molecule has 0 aromatic heterocycles. The molecule has 0 spiro atoms. The van der Waals surface area contributed by atoms with E-state index < -0.39 is 0 Å². The first-order chi connectivity index (χ1) is 7.61. The highest BCUT2D eigenvalue weighted by atomic mass is 35.5. The summed E-state index contributed by atoms with van der Waals surface area (Å²) in [4.78, 5) is 3.83. The molecule has 88 valence electrons. The fourth-order valence-corrected chi connectivity index (χ4v) is 1.57. The molecule has 0 radical (unpaired) electrons. The molecule has 0 unspecified atom stereocenters. The van der Waals surface area contributed by atoms with Gasteiger partial charge in [0.25, 0.3) is 0 Å². The van der Waals surface area contributed by atoms with Gasteiger partial charge >= 0.3 is 0 Å². The molecule has 0 aliphatic heterocycles. The Morgan fingerprint density at radius 1 is 1.25 bits per heavy atom. The zero-order valence-electron chi connectivity index (χ0n) is 8.62. The van der Waals surface area contributed by atoms with Gasteiger partial charge in [-0.2, -0.15) is 0 Å². The number of nitrogens with zero attached hydrogens (tertiary/aromatic N) is 1. The van der Waals surface area contributed by atoms with Crippen molar-refractivity contribution >= 4 is 29.2 Å². The van der Waals surface area contributed by atoms with Crippen molar-refractivity contribution in [3.8, 4) is 5.75 Å². The third kappa shape index (κ3) is 4.16. The Hall–Kier alpha value is -1.13. The lowest BCUT2D eigenvalue weighted by atomic mass is 10.3. The minimum Gasteiger partial charge on any atom is -0.490 e. The molecule has 0 amide bonds. The molecular weight excluding hydrogens is 249 g/mol. The van der Waals surface area contributed by atoms with Crippen molar-refractivity contribution in [3.63, 3.8) is 0 Å². The van der Waals surface area contributed by atoms with Crippen LogP contribution in [0, 0.1) is 0 Å². The van der Waals surface area contributed by atoms with Gasteiger partial charge in [0, 0.05) is 13.0 Å². The monoisotopic (exact) mass is 261 g/mol. The summed E-state index contributed by atoms with van der Waals surface area (Å²) in [6, 6.07) is 5.20. The largest absolute Gasteiger partial charge is 0.490 e. The van der Waals surface area contributed by atoms with E-state index in [0.717, 1.165) is 0 Å². The molecular formula is C10H13Cl2N3O. The third-order valence-electron chi connectivity index (χ3n) is 1.76. The van der Waals surface area contributed by atoms with Crippen LogP contribution in [0.2, 0.25) is 10.0 Å². The number of hydrogen-bond acceptors (Lipinski definition) is 2. The van der Waals surface area contributed by atoms with E-state index in [2.05, 4.69) is 4.99 Å². The van der Waals surface area contributed by atoms with Gasteiger partial charge in [-0.3, -0.25) is 4.99 Å². The predicted octanol–water partition coefficient (Wildman–Crippen LogP) is 2.04. The van der Waals surface area contributed by atoms with Crippen molar-refractivity contribution < 1.29 is 4.74 Å². The van der Waals surface area contributed by atoms with Crippen molar-refractivity contribution in [2.24, 2.45) is 16.5 Å². The summed E-state index contributed by atoms with van der Waals surface area (Å²) in [5.74, 6) is 0.575. The summed E-state index contributed by atoms with van der Waals surface area (Å²) in [6.07, 6.45) is 0.694. The van der Waals surface area contributed by atoms with Crippen LogP contribution >= 0.6 is 23.2 Å². The van der Waals surface area contributed by atoms with Crippen LogP contribution in [0.1, 0.15) is 6.42 Å². The third-order valence-corrected chi connectivity index (χ3v) is 2.36. The molecule has 4 N–H and O–H groups in total. The summed E-state index contributed by atoms with van der Waals surface area (Å²) >= 11 is 11.8. The van der Waals surface area contributed by atoms with Crippen molar-refractivity contribution in [3.05, 3.63) is 28.2 Å². The maximum atomic E-state index is 5.92. The lowest BCUT2D eigenvalue weighted by Crippen LogP contribution is -2.23. The highest BCUT2D eigenvalue weighted by molar-refractivity contribution is 6.37. The Bertz CT molecular complexity index is 358. The number of nitrogens with two attached hydrogens (primary N) is 2. The van der Waals surface area contributed by atoms with Crippen LogP contribution < -0.4 is 16.2 Å². The number of aliphatic imine (C=N–C) groups is 1. The molecule has 0 bridgehead atoms. The van der Waals surface area contributed by atoms with Gasteiger partial charge in [0.05, 0.1) is 16.7 Å². The van der Waals surface area contributed by atoms with Gasteiger partial charge in [-0.1, -0.05) is 29.3 Å². The van der Waals surface area contributed by atoms with Crippen LogP contribution in [0.4, 0.5) is 0 Å². The zero-order valence-corrected chi connectivity index (χ0v) is 10.1. The van der Waals surface area contributed by atoms with Crippen molar-refractivity contribution in [2.45, 2.75) is 6.42 Å². The van der Waals surface area contributed by atoms with Gasteiger partial charge in [0.15, 0.2) is 11.7 Å². The molecule has 0 atom stereocenters. The Balaban J connectivity index is 2.40. The van der Waals surface area contributed by atoms with E-state index in [4.69, 9.17) is 39.4 Å². The first-order valence-electron chi connectivity index (χ1n) is 4.73. The SMILES string of the molecule is NC(N)=NCCCOc1c(Cl)cccc1Cl. The van der Waals surface area contributed by atoms with E-state index in [9.17, 15) is 0 Å². The maximum Gasteiger partial charge on any atom is 0.185 e. The van der Waals surface area contributed by atoms with Crippen molar-refractivity contribution in [1.82, 2.24) is 0 Å². The summed E-state index contributed by atoms with van der Waals surface area (Å²) in [7, 11) is 0. The minimum atomic E-state index is 0.0794. The Kier molecular flexibility index (Phi) is 5.22. The summed E-state index contributed by atoms with van der Waals surface area (Å²) in [5.41, 5.74) is 10.4. The van der Waals surface area contributed by atoms with Crippen molar-refractivity contribution in [1.29, 1.82) is 0 Å². The average molecular weight is 262 g/mol. The van der Waals surface area contributed by atoms with E-state index in [1.165, 1.54) is 0 Å². The Labute approximate surface area is 104 Å². The second kappa shape index (κ2) is 6.45. The fraction of sp³-hybridized carbons (Fsp3) is 0.300. The van der Waals surface area contributed by atoms with Crippen LogP contribution in [0.25, 0.3) is 0 Å². The number of ether oxygens (including phenoxy) is 1. The number of guanidine groups is 1. The molecule has 1 aromatic carbocycles. The molecule has 0 aliphatic carbocycles. The van der Waals surface area contributed by atoms with Gasteiger partial charge in [-0.25, -0.2) is 0 Å². The van der Waals surface area contributed by atoms with E-state index >= 15 is 0 Å². The van der Waals surface area contributed by atoms with E-state index in [1.54, 1.807) is 18.2 Å². The molecule has 16 heavy (non-hydrogen) atoms. The maximum absolute atomic E-state index is 5.92.